The highest BCUT2D eigenvalue weighted by atomic mass is 28.4. The zero-order valence-corrected chi connectivity index (χ0v) is 23.6. The topological polar surface area (TPSA) is 38.7 Å². The Bertz CT molecular complexity index is 431. The molecule has 0 saturated heterocycles. The summed E-state index contributed by atoms with van der Waals surface area (Å²) in [6, 6.07) is 1.39. The smallest absolute Gasteiger partial charge is 0.184 e. The first-order chi connectivity index (χ1) is 13.1. The molecule has 0 aromatic carbocycles. The van der Waals surface area contributed by atoms with Crippen LogP contribution in [0.2, 0.25) is 45.3 Å². The third-order valence-corrected chi connectivity index (χ3v) is 8.55. The molecule has 0 bridgehead atoms. The molecule has 0 fully saturated rings. The molecule has 0 heterocycles. The Morgan fingerprint density at radius 1 is 0.931 bits per heavy atom. The first kappa shape index (κ1) is 29.3. The molecule has 0 aliphatic carbocycles. The molecule has 29 heavy (non-hydrogen) atoms. The lowest BCUT2D eigenvalue weighted by Crippen LogP contribution is -2.44. The summed E-state index contributed by atoms with van der Waals surface area (Å²) in [5.74, 6) is 0.757. The van der Waals surface area contributed by atoms with E-state index in [0.717, 1.165) is 31.8 Å². The number of hydrogen-bond donors (Lipinski definition) is 1. The number of ether oxygens (including phenoxy) is 1. The summed E-state index contributed by atoms with van der Waals surface area (Å²) in [7, 11) is -2.68. The third-order valence-electron chi connectivity index (χ3n) is 5.52. The fourth-order valence-electron chi connectivity index (χ4n) is 5.36. The van der Waals surface area contributed by atoms with E-state index in [4.69, 9.17) is 14.3 Å². The average Bonchev–Trinajstić information content (AvgIpc) is 2.48. The van der Waals surface area contributed by atoms with Crippen LogP contribution in [0.5, 0.6) is 0 Å². The highest BCUT2D eigenvalue weighted by Gasteiger charge is 2.39. The molecular weight excluding hydrogens is 392 g/mol. The lowest BCUT2D eigenvalue weighted by atomic mass is 9.70. The van der Waals surface area contributed by atoms with Crippen molar-refractivity contribution in [3.63, 3.8) is 0 Å². The molecule has 0 spiro atoms. The van der Waals surface area contributed by atoms with Crippen LogP contribution in [0.4, 0.5) is 0 Å². The zero-order chi connectivity index (χ0) is 22.8. The molecule has 1 N–H and O–H groups in total. The molecular formula is C24H54O3Si2. The summed E-state index contributed by atoms with van der Waals surface area (Å²) in [4.78, 5) is 0. The van der Waals surface area contributed by atoms with Gasteiger partial charge in [0.15, 0.2) is 8.32 Å². The Morgan fingerprint density at radius 2 is 1.55 bits per heavy atom. The van der Waals surface area contributed by atoms with E-state index in [-0.39, 0.29) is 17.6 Å². The first-order valence-electron chi connectivity index (χ1n) is 12.0. The van der Waals surface area contributed by atoms with Crippen molar-refractivity contribution in [2.75, 3.05) is 19.8 Å². The van der Waals surface area contributed by atoms with Crippen LogP contribution in [0.15, 0.2) is 0 Å². The molecule has 0 aromatic rings. The second-order valence-corrected chi connectivity index (χ2v) is 22.2. The van der Waals surface area contributed by atoms with Crippen molar-refractivity contribution < 1.29 is 14.3 Å². The normalized spacial score (nSPS) is 18.3. The Labute approximate surface area is 185 Å². The Hall–Kier alpha value is 0.314. The summed E-state index contributed by atoms with van der Waals surface area (Å²) in [5, 5.41) is 8.96. The van der Waals surface area contributed by atoms with E-state index in [0.29, 0.717) is 6.61 Å². The quantitative estimate of drug-likeness (QED) is 0.188. The minimum absolute atomic E-state index is 0.0277. The summed E-state index contributed by atoms with van der Waals surface area (Å²) in [5.41, 5.74) is 0.240. The van der Waals surface area contributed by atoms with Crippen LogP contribution in [0, 0.1) is 11.3 Å². The summed E-state index contributed by atoms with van der Waals surface area (Å²) in [6.07, 6.45) is 8.27. The standard InChI is InChI=1S/C24H54O3Si2/c1-11-12-15-24(4,27-29(8,9)10)21-23(3,14-13-17-26-18-16-25)19-22(2)20-28(5,6)7/h22,25H,11-21H2,1-10H3. The van der Waals surface area contributed by atoms with Crippen molar-refractivity contribution in [3.8, 4) is 0 Å². The molecule has 5 heteroatoms. The Morgan fingerprint density at radius 3 is 2.03 bits per heavy atom. The van der Waals surface area contributed by atoms with Gasteiger partial charge in [0.1, 0.15) is 0 Å². The lowest BCUT2D eigenvalue weighted by molar-refractivity contribution is 0.00298. The fourth-order valence-corrected chi connectivity index (χ4v) is 9.24. The predicted molar refractivity (Wildman–Crippen MR) is 134 cm³/mol. The highest BCUT2D eigenvalue weighted by Crippen LogP contribution is 2.44. The maximum Gasteiger partial charge on any atom is 0.184 e. The van der Waals surface area contributed by atoms with Crippen LogP contribution in [-0.2, 0) is 9.16 Å². The second kappa shape index (κ2) is 13.0. The Kier molecular flexibility index (Phi) is 13.1. The van der Waals surface area contributed by atoms with Crippen molar-refractivity contribution in [1.29, 1.82) is 0 Å². The van der Waals surface area contributed by atoms with Gasteiger partial charge >= 0.3 is 0 Å². The van der Waals surface area contributed by atoms with Gasteiger partial charge in [0.05, 0.1) is 18.8 Å². The maximum atomic E-state index is 8.96. The van der Waals surface area contributed by atoms with Gasteiger partial charge in [-0.15, -0.1) is 0 Å². The number of aliphatic hydroxyl groups is 1. The minimum Gasteiger partial charge on any atom is -0.412 e. The van der Waals surface area contributed by atoms with Crippen LogP contribution in [0.3, 0.4) is 0 Å². The monoisotopic (exact) mass is 446 g/mol. The van der Waals surface area contributed by atoms with E-state index < -0.39 is 16.4 Å². The summed E-state index contributed by atoms with van der Waals surface area (Å²) in [6.45, 7) is 25.4. The van der Waals surface area contributed by atoms with Gasteiger partial charge in [-0.2, -0.15) is 0 Å². The van der Waals surface area contributed by atoms with Gasteiger partial charge < -0.3 is 14.3 Å². The average molecular weight is 447 g/mol. The van der Waals surface area contributed by atoms with E-state index in [1.54, 1.807) is 0 Å². The Balaban J connectivity index is 5.37. The van der Waals surface area contributed by atoms with Crippen molar-refractivity contribution in [2.24, 2.45) is 11.3 Å². The van der Waals surface area contributed by atoms with Crippen LogP contribution < -0.4 is 0 Å². The fraction of sp³-hybridized carbons (Fsp3) is 1.00. The molecule has 0 aromatic heterocycles. The molecule has 0 saturated carbocycles. The van der Waals surface area contributed by atoms with E-state index in [2.05, 4.69) is 67.0 Å². The minimum atomic E-state index is -1.62. The summed E-state index contributed by atoms with van der Waals surface area (Å²) >= 11 is 0. The molecule has 3 atom stereocenters. The van der Waals surface area contributed by atoms with Gasteiger partial charge in [0.25, 0.3) is 0 Å². The molecule has 0 aliphatic heterocycles. The second-order valence-electron chi connectivity index (χ2n) is 12.3. The molecule has 0 amide bonds. The number of aliphatic hydroxyl groups excluding tert-OH is 1. The van der Waals surface area contributed by atoms with E-state index in [1.165, 1.54) is 31.7 Å². The van der Waals surface area contributed by atoms with Crippen LogP contribution in [0.1, 0.15) is 72.6 Å². The van der Waals surface area contributed by atoms with Gasteiger partial charge in [-0.25, -0.2) is 0 Å². The van der Waals surface area contributed by atoms with Gasteiger partial charge in [-0.3, -0.25) is 0 Å². The van der Waals surface area contributed by atoms with Gasteiger partial charge in [0, 0.05) is 14.7 Å². The SMILES string of the molecule is CCCCC(C)(CC(C)(CCCOCCO)CC(C)C[Si](C)(C)C)O[Si](C)(C)C. The highest BCUT2D eigenvalue weighted by molar-refractivity contribution is 6.76. The zero-order valence-electron chi connectivity index (χ0n) is 21.6. The van der Waals surface area contributed by atoms with Crippen molar-refractivity contribution >= 4 is 16.4 Å². The van der Waals surface area contributed by atoms with Crippen molar-refractivity contribution in [1.82, 2.24) is 0 Å². The van der Waals surface area contributed by atoms with E-state index in [9.17, 15) is 0 Å². The summed E-state index contributed by atoms with van der Waals surface area (Å²) < 4.78 is 12.4. The molecule has 0 radical (unpaired) electrons. The molecule has 0 rings (SSSR count). The molecule has 3 nitrogen and oxygen atoms in total. The van der Waals surface area contributed by atoms with Crippen LogP contribution >= 0.6 is 0 Å². The van der Waals surface area contributed by atoms with E-state index in [1.807, 2.05) is 0 Å². The number of unbranched alkanes of at least 4 members (excludes halogenated alkanes) is 1. The number of hydrogen-bond acceptors (Lipinski definition) is 3. The lowest BCUT2D eigenvalue weighted by Gasteiger charge is -2.44. The van der Waals surface area contributed by atoms with Crippen LogP contribution in [-0.4, -0.2) is 46.9 Å². The molecule has 176 valence electrons. The number of rotatable bonds is 17. The predicted octanol–water partition coefficient (Wildman–Crippen LogP) is 7.34. The maximum absolute atomic E-state index is 8.96. The molecule has 0 aliphatic rings. The largest absolute Gasteiger partial charge is 0.412 e. The van der Waals surface area contributed by atoms with E-state index >= 15 is 0 Å². The van der Waals surface area contributed by atoms with Gasteiger partial charge in [-0.1, -0.05) is 59.3 Å². The van der Waals surface area contributed by atoms with Crippen molar-refractivity contribution in [3.05, 3.63) is 0 Å². The van der Waals surface area contributed by atoms with Gasteiger partial charge in [-0.05, 0) is 70.0 Å². The molecule has 3 unspecified atom stereocenters. The van der Waals surface area contributed by atoms with Gasteiger partial charge in [0.2, 0.25) is 0 Å². The van der Waals surface area contributed by atoms with Crippen LogP contribution in [0.25, 0.3) is 0 Å². The first-order valence-corrected chi connectivity index (χ1v) is 19.1. The van der Waals surface area contributed by atoms with Crippen molar-refractivity contribution in [2.45, 2.75) is 124 Å². The third kappa shape index (κ3) is 15.7.